The van der Waals surface area contributed by atoms with E-state index in [-0.39, 0.29) is 29.8 Å². The largest absolute Gasteiger partial charge is 0.495 e. The van der Waals surface area contributed by atoms with E-state index >= 15 is 0 Å². The van der Waals surface area contributed by atoms with Crippen LogP contribution in [-0.2, 0) is 14.8 Å². The van der Waals surface area contributed by atoms with Gasteiger partial charge in [-0.2, -0.15) is 4.31 Å². The van der Waals surface area contributed by atoms with Gasteiger partial charge in [0.25, 0.3) is 0 Å². The van der Waals surface area contributed by atoms with Crippen molar-refractivity contribution in [1.29, 1.82) is 0 Å². The molecule has 0 spiro atoms. The number of piperidine rings is 1. The normalized spacial score (nSPS) is 15.6. The fourth-order valence-corrected chi connectivity index (χ4v) is 5.01. The quantitative estimate of drug-likeness (QED) is 0.718. The predicted octanol–water partition coefficient (Wildman–Crippen LogP) is 3.54. The molecule has 1 saturated heterocycles. The first-order valence-electron chi connectivity index (χ1n) is 9.24. The van der Waals surface area contributed by atoms with E-state index in [1.54, 1.807) is 12.1 Å². The zero-order chi connectivity index (χ0) is 21.9. The third-order valence-electron chi connectivity index (χ3n) is 5.01. The van der Waals surface area contributed by atoms with Crippen LogP contribution in [-0.4, -0.2) is 45.9 Å². The Balaban J connectivity index is 1.67. The smallest absolute Gasteiger partial charge is 0.243 e. The molecule has 1 N–H and O–H groups in total. The maximum absolute atomic E-state index is 13.1. The highest BCUT2D eigenvalue weighted by Gasteiger charge is 2.32. The van der Waals surface area contributed by atoms with Crippen molar-refractivity contribution in [3.63, 3.8) is 0 Å². The maximum atomic E-state index is 13.1. The minimum absolute atomic E-state index is 0.0322. The van der Waals surface area contributed by atoms with E-state index in [9.17, 15) is 17.6 Å². The van der Waals surface area contributed by atoms with E-state index in [2.05, 4.69) is 5.32 Å². The molecule has 2 aromatic carbocycles. The van der Waals surface area contributed by atoms with Crippen LogP contribution in [0.1, 0.15) is 12.8 Å². The van der Waals surface area contributed by atoms with Crippen molar-refractivity contribution in [3.05, 3.63) is 47.2 Å². The molecule has 2 aromatic rings. The first-order chi connectivity index (χ1) is 14.3. The molecule has 1 aliphatic rings. The number of hydrogen-bond acceptors (Lipinski definition) is 5. The second kappa shape index (κ2) is 9.20. The van der Waals surface area contributed by atoms with E-state index < -0.39 is 15.8 Å². The van der Waals surface area contributed by atoms with Gasteiger partial charge in [0.05, 0.1) is 29.8 Å². The number of rotatable bonds is 6. The van der Waals surface area contributed by atoms with Gasteiger partial charge in [-0.1, -0.05) is 11.6 Å². The van der Waals surface area contributed by atoms with Crippen LogP contribution in [0.2, 0.25) is 5.02 Å². The third kappa shape index (κ3) is 4.69. The molecule has 0 aromatic heterocycles. The maximum Gasteiger partial charge on any atom is 0.243 e. The van der Waals surface area contributed by atoms with E-state index in [0.717, 1.165) is 12.1 Å². The van der Waals surface area contributed by atoms with Crippen LogP contribution in [0.4, 0.5) is 10.1 Å². The molecule has 10 heteroatoms. The van der Waals surface area contributed by atoms with Crippen LogP contribution in [0, 0.1) is 11.7 Å². The Morgan fingerprint density at radius 2 is 1.70 bits per heavy atom. The Morgan fingerprint density at radius 3 is 2.27 bits per heavy atom. The first kappa shape index (κ1) is 22.3. The molecule has 3 rings (SSSR count). The van der Waals surface area contributed by atoms with Crippen molar-refractivity contribution < 1.29 is 27.1 Å². The summed E-state index contributed by atoms with van der Waals surface area (Å²) in [5.41, 5.74) is 0.421. The molecule has 0 atom stereocenters. The van der Waals surface area contributed by atoms with Crippen molar-refractivity contribution in [2.45, 2.75) is 17.7 Å². The fraction of sp³-hybridized carbons (Fsp3) is 0.350. The Morgan fingerprint density at radius 1 is 1.10 bits per heavy atom. The number of nitrogens with zero attached hydrogens (tertiary/aromatic N) is 1. The highest BCUT2D eigenvalue weighted by molar-refractivity contribution is 7.89. The molecule has 1 fully saturated rings. The predicted molar refractivity (Wildman–Crippen MR) is 111 cm³/mol. The van der Waals surface area contributed by atoms with Crippen LogP contribution in [0.5, 0.6) is 11.5 Å². The average molecular weight is 457 g/mol. The number of hydrogen-bond donors (Lipinski definition) is 1. The van der Waals surface area contributed by atoms with Crippen LogP contribution in [0.25, 0.3) is 0 Å². The summed E-state index contributed by atoms with van der Waals surface area (Å²) in [6, 6.07) is 7.83. The lowest BCUT2D eigenvalue weighted by molar-refractivity contribution is -0.120. The van der Waals surface area contributed by atoms with Crippen LogP contribution < -0.4 is 14.8 Å². The molecule has 0 radical (unpaired) electrons. The summed E-state index contributed by atoms with van der Waals surface area (Å²) < 4.78 is 50.3. The lowest BCUT2D eigenvalue weighted by Crippen LogP contribution is -2.41. The molecule has 1 heterocycles. The standard InChI is InChI=1S/C20H22ClFN2O5S/c1-28-18-12-17(19(29-2)11-16(18)21)23-20(25)13-7-9-24(10-8-13)30(26,27)15-5-3-14(22)4-6-15/h3-6,11-13H,7-10H2,1-2H3,(H,23,25). The Labute approximate surface area is 179 Å². The van der Waals surface area contributed by atoms with Gasteiger partial charge < -0.3 is 14.8 Å². The number of ether oxygens (including phenoxy) is 2. The third-order valence-corrected chi connectivity index (χ3v) is 7.22. The Hall–Kier alpha value is -2.36. The molecule has 0 bridgehead atoms. The van der Waals surface area contributed by atoms with Gasteiger partial charge in [0.15, 0.2) is 0 Å². The number of nitrogens with one attached hydrogen (secondary N) is 1. The molecule has 30 heavy (non-hydrogen) atoms. The van der Waals surface area contributed by atoms with Gasteiger partial charge in [-0.05, 0) is 37.1 Å². The molecule has 1 aliphatic heterocycles. The summed E-state index contributed by atoms with van der Waals surface area (Å²) in [6.07, 6.45) is 0.721. The van der Waals surface area contributed by atoms with E-state index in [0.29, 0.717) is 35.1 Å². The van der Waals surface area contributed by atoms with Crippen LogP contribution >= 0.6 is 11.6 Å². The van der Waals surface area contributed by atoms with Gasteiger partial charge in [0.1, 0.15) is 17.3 Å². The summed E-state index contributed by atoms with van der Waals surface area (Å²) >= 11 is 6.08. The second-order valence-corrected chi connectivity index (χ2v) is 9.15. The number of amides is 1. The van der Waals surface area contributed by atoms with Crippen molar-refractivity contribution in [3.8, 4) is 11.5 Å². The minimum atomic E-state index is -3.73. The number of methoxy groups -OCH3 is 2. The summed E-state index contributed by atoms with van der Waals surface area (Å²) in [5.74, 6) is -0.315. The molecular formula is C20H22ClFN2O5S. The zero-order valence-electron chi connectivity index (χ0n) is 16.5. The zero-order valence-corrected chi connectivity index (χ0v) is 18.1. The molecule has 162 valence electrons. The Bertz CT molecular complexity index is 1020. The number of sulfonamides is 1. The SMILES string of the molecule is COc1cc(NC(=O)C2CCN(S(=O)(=O)c3ccc(F)cc3)CC2)c(OC)cc1Cl. The lowest BCUT2D eigenvalue weighted by atomic mass is 9.97. The molecule has 7 nitrogen and oxygen atoms in total. The van der Waals surface area contributed by atoms with Gasteiger partial charge in [-0.25, -0.2) is 12.8 Å². The Kier molecular flexibility index (Phi) is 6.84. The average Bonchev–Trinajstić information content (AvgIpc) is 2.75. The van der Waals surface area contributed by atoms with Crippen LogP contribution in [0.3, 0.4) is 0 Å². The monoisotopic (exact) mass is 456 g/mol. The molecule has 0 saturated carbocycles. The summed E-state index contributed by atoms with van der Waals surface area (Å²) in [5, 5.41) is 3.17. The van der Waals surface area contributed by atoms with Gasteiger partial charge >= 0.3 is 0 Å². The summed E-state index contributed by atoms with van der Waals surface area (Å²) in [7, 11) is -0.794. The second-order valence-electron chi connectivity index (χ2n) is 6.81. The first-order valence-corrected chi connectivity index (χ1v) is 11.1. The lowest BCUT2D eigenvalue weighted by Gasteiger charge is -2.30. The van der Waals surface area contributed by atoms with Crippen molar-refractivity contribution in [2.75, 3.05) is 32.6 Å². The topological polar surface area (TPSA) is 84.9 Å². The molecule has 0 unspecified atom stereocenters. The van der Waals surface area contributed by atoms with Crippen molar-refractivity contribution in [1.82, 2.24) is 4.31 Å². The number of halogens is 2. The van der Waals surface area contributed by atoms with E-state index in [1.165, 1.54) is 30.7 Å². The van der Waals surface area contributed by atoms with Crippen molar-refractivity contribution >= 4 is 33.2 Å². The highest BCUT2D eigenvalue weighted by atomic mass is 35.5. The summed E-state index contributed by atoms with van der Waals surface area (Å²) in [6.45, 7) is 0.387. The van der Waals surface area contributed by atoms with Gasteiger partial charge in [0, 0.05) is 31.1 Å². The van der Waals surface area contributed by atoms with Crippen molar-refractivity contribution in [2.24, 2.45) is 5.92 Å². The number of benzene rings is 2. The number of anilines is 1. The van der Waals surface area contributed by atoms with E-state index in [4.69, 9.17) is 21.1 Å². The molecule has 1 amide bonds. The summed E-state index contributed by atoms with van der Waals surface area (Å²) in [4.78, 5) is 12.8. The number of carbonyl (C=O) groups is 1. The molecule has 0 aliphatic carbocycles. The highest BCUT2D eigenvalue weighted by Crippen LogP contribution is 2.36. The molecular weight excluding hydrogens is 435 g/mol. The van der Waals surface area contributed by atoms with Gasteiger partial charge in [0.2, 0.25) is 15.9 Å². The van der Waals surface area contributed by atoms with Crippen LogP contribution in [0.15, 0.2) is 41.3 Å². The van der Waals surface area contributed by atoms with Gasteiger partial charge in [-0.3, -0.25) is 4.79 Å². The minimum Gasteiger partial charge on any atom is -0.495 e. The fourth-order valence-electron chi connectivity index (χ4n) is 3.31. The van der Waals surface area contributed by atoms with E-state index in [1.807, 2.05) is 0 Å². The number of carbonyl (C=O) groups excluding carboxylic acids is 1. The van der Waals surface area contributed by atoms with Gasteiger partial charge in [-0.15, -0.1) is 0 Å².